The summed E-state index contributed by atoms with van der Waals surface area (Å²) in [5.74, 6) is 1.76. The van der Waals surface area contributed by atoms with E-state index >= 15 is 0 Å². The number of halogens is 1. The van der Waals surface area contributed by atoms with Gasteiger partial charge in [0, 0.05) is 32.2 Å². The molecule has 2 aromatic heterocycles. The lowest BCUT2D eigenvalue weighted by molar-refractivity contribution is 0.356. The van der Waals surface area contributed by atoms with Crippen LogP contribution in [0.3, 0.4) is 0 Å². The average molecular weight is 457 g/mol. The van der Waals surface area contributed by atoms with Crippen molar-refractivity contribution in [2.45, 2.75) is 0 Å². The van der Waals surface area contributed by atoms with E-state index in [1.165, 1.54) is 0 Å². The van der Waals surface area contributed by atoms with Crippen LogP contribution in [0.15, 0.2) is 48.7 Å². The fourth-order valence-corrected chi connectivity index (χ4v) is 3.60. The van der Waals surface area contributed by atoms with Crippen LogP contribution in [0.2, 0.25) is 0 Å². The standard InChI is InChI=1S/C20H16IN3O2/c1-25-18-8-14-13-7-16(11-4-3-5-12(21)6-11)24-20(22)15(13)10-23-17(14)9-19(18)26-2/h3-10H,1-2H3,(H2,22,24). The summed E-state index contributed by atoms with van der Waals surface area (Å²) in [7, 11) is 3.23. The van der Waals surface area contributed by atoms with E-state index in [2.05, 4.69) is 38.6 Å². The Kier molecular flexibility index (Phi) is 4.28. The summed E-state index contributed by atoms with van der Waals surface area (Å²) in [5, 5.41) is 2.75. The lowest BCUT2D eigenvalue weighted by atomic mass is 10.0. The zero-order chi connectivity index (χ0) is 18.3. The second-order valence-corrected chi connectivity index (χ2v) is 7.09. The van der Waals surface area contributed by atoms with Crippen LogP contribution in [0.5, 0.6) is 11.5 Å². The highest BCUT2D eigenvalue weighted by atomic mass is 127. The molecule has 0 amide bonds. The largest absolute Gasteiger partial charge is 0.493 e. The van der Waals surface area contributed by atoms with Crippen LogP contribution >= 0.6 is 22.6 Å². The molecule has 0 radical (unpaired) electrons. The maximum atomic E-state index is 6.24. The van der Waals surface area contributed by atoms with Crippen molar-refractivity contribution in [3.8, 4) is 22.8 Å². The highest BCUT2D eigenvalue weighted by Gasteiger charge is 2.13. The summed E-state index contributed by atoms with van der Waals surface area (Å²) in [6.45, 7) is 0. The number of aromatic nitrogens is 2. The van der Waals surface area contributed by atoms with E-state index in [9.17, 15) is 0 Å². The Balaban J connectivity index is 2.05. The van der Waals surface area contributed by atoms with Gasteiger partial charge in [-0.1, -0.05) is 12.1 Å². The van der Waals surface area contributed by atoms with Crippen molar-refractivity contribution in [1.29, 1.82) is 0 Å². The Bertz CT molecular complexity index is 1140. The Morgan fingerprint density at radius 2 is 1.69 bits per heavy atom. The maximum absolute atomic E-state index is 6.24. The molecule has 0 aliphatic heterocycles. The molecule has 4 rings (SSSR count). The maximum Gasteiger partial charge on any atom is 0.162 e. The zero-order valence-electron chi connectivity index (χ0n) is 14.3. The average Bonchev–Trinajstić information content (AvgIpc) is 2.66. The topological polar surface area (TPSA) is 70.3 Å². The van der Waals surface area contributed by atoms with Gasteiger partial charge in [0.05, 0.1) is 25.4 Å². The normalized spacial score (nSPS) is 11.0. The van der Waals surface area contributed by atoms with E-state index < -0.39 is 0 Å². The van der Waals surface area contributed by atoms with E-state index in [0.29, 0.717) is 17.3 Å². The highest BCUT2D eigenvalue weighted by molar-refractivity contribution is 14.1. The van der Waals surface area contributed by atoms with E-state index in [4.69, 9.17) is 15.2 Å². The SMILES string of the molecule is COc1cc2ncc3c(N)nc(-c4cccc(I)c4)cc3c2cc1OC. The summed E-state index contributed by atoms with van der Waals surface area (Å²) in [5.41, 5.74) is 8.91. The lowest BCUT2D eigenvalue weighted by Crippen LogP contribution is -1.97. The van der Waals surface area contributed by atoms with Gasteiger partial charge in [0.1, 0.15) is 5.82 Å². The molecule has 0 saturated heterocycles. The molecule has 0 saturated carbocycles. The van der Waals surface area contributed by atoms with Gasteiger partial charge in [-0.3, -0.25) is 4.98 Å². The summed E-state index contributed by atoms with van der Waals surface area (Å²) in [6, 6.07) is 14.0. The van der Waals surface area contributed by atoms with Crippen molar-refractivity contribution in [3.05, 3.63) is 52.2 Å². The fourth-order valence-electron chi connectivity index (χ4n) is 3.05. The first kappa shape index (κ1) is 16.8. The molecule has 130 valence electrons. The van der Waals surface area contributed by atoms with Gasteiger partial charge in [0.2, 0.25) is 0 Å². The van der Waals surface area contributed by atoms with Crippen LogP contribution in [-0.4, -0.2) is 24.2 Å². The number of nitrogen functional groups attached to an aromatic ring is 1. The van der Waals surface area contributed by atoms with Crippen molar-refractivity contribution in [2.24, 2.45) is 0 Å². The Hall–Kier alpha value is -2.61. The first-order chi connectivity index (χ1) is 12.6. The molecular weight excluding hydrogens is 441 g/mol. The van der Waals surface area contributed by atoms with Gasteiger partial charge in [-0.2, -0.15) is 0 Å². The van der Waals surface area contributed by atoms with Gasteiger partial charge < -0.3 is 15.2 Å². The third-order valence-corrected chi connectivity index (χ3v) is 5.00. The highest BCUT2D eigenvalue weighted by Crippen LogP contribution is 2.36. The van der Waals surface area contributed by atoms with Gasteiger partial charge in [-0.05, 0) is 52.2 Å². The summed E-state index contributed by atoms with van der Waals surface area (Å²) in [4.78, 5) is 9.09. The molecular formula is C20H16IN3O2. The Morgan fingerprint density at radius 3 is 2.42 bits per heavy atom. The number of ether oxygens (including phenoxy) is 2. The van der Waals surface area contributed by atoms with Gasteiger partial charge in [0.25, 0.3) is 0 Å². The van der Waals surface area contributed by atoms with Crippen molar-refractivity contribution in [2.75, 3.05) is 20.0 Å². The third kappa shape index (κ3) is 2.80. The minimum absolute atomic E-state index is 0.459. The van der Waals surface area contributed by atoms with Crippen LogP contribution in [0.1, 0.15) is 0 Å². The number of hydrogen-bond donors (Lipinski definition) is 1. The van der Waals surface area contributed by atoms with Crippen molar-refractivity contribution in [1.82, 2.24) is 9.97 Å². The predicted molar refractivity (Wildman–Crippen MR) is 113 cm³/mol. The predicted octanol–water partition coefficient (Wildman–Crippen LogP) is 4.65. The molecule has 2 aromatic carbocycles. The molecule has 0 unspecified atom stereocenters. The number of fused-ring (bicyclic) bond motifs is 3. The molecule has 26 heavy (non-hydrogen) atoms. The molecule has 4 aromatic rings. The second-order valence-electron chi connectivity index (χ2n) is 5.85. The van der Waals surface area contributed by atoms with Gasteiger partial charge in [-0.25, -0.2) is 4.98 Å². The molecule has 0 fully saturated rings. The van der Waals surface area contributed by atoms with Crippen molar-refractivity contribution in [3.63, 3.8) is 0 Å². The number of methoxy groups -OCH3 is 2. The Morgan fingerprint density at radius 1 is 0.923 bits per heavy atom. The molecule has 0 aliphatic carbocycles. The van der Waals surface area contributed by atoms with E-state index in [1.807, 2.05) is 36.4 Å². The van der Waals surface area contributed by atoms with Crippen LogP contribution in [0, 0.1) is 3.57 Å². The smallest absolute Gasteiger partial charge is 0.162 e. The minimum atomic E-state index is 0.459. The van der Waals surface area contributed by atoms with E-state index in [1.54, 1.807) is 20.4 Å². The molecule has 5 nitrogen and oxygen atoms in total. The third-order valence-electron chi connectivity index (χ3n) is 4.33. The molecule has 6 heteroatoms. The summed E-state index contributed by atoms with van der Waals surface area (Å²) in [6.07, 6.45) is 1.75. The van der Waals surface area contributed by atoms with E-state index in [0.717, 1.165) is 36.5 Å². The van der Waals surface area contributed by atoms with Gasteiger partial charge in [-0.15, -0.1) is 0 Å². The van der Waals surface area contributed by atoms with Crippen LogP contribution < -0.4 is 15.2 Å². The molecule has 0 bridgehead atoms. The molecule has 0 aliphatic rings. The van der Waals surface area contributed by atoms with E-state index in [-0.39, 0.29) is 0 Å². The summed E-state index contributed by atoms with van der Waals surface area (Å²) < 4.78 is 12.0. The van der Waals surface area contributed by atoms with Gasteiger partial charge >= 0.3 is 0 Å². The first-order valence-electron chi connectivity index (χ1n) is 7.97. The second kappa shape index (κ2) is 6.60. The quantitative estimate of drug-likeness (QED) is 0.358. The monoisotopic (exact) mass is 457 g/mol. The first-order valence-corrected chi connectivity index (χ1v) is 9.05. The van der Waals surface area contributed by atoms with Crippen LogP contribution in [-0.2, 0) is 0 Å². The minimum Gasteiger partial charge on any atom is -0.493 e. The number of hydrogen-bond acceptors (Lipinski definition) is 5. The number of anilines is 1. The number of nitrogens with zero attached hydrogens (tertiary/aromatic N) is 2. The summed E-state index contributed by atoms with van der Waals surface area (Å²) >= 11 is 2.29. The number of rotatable bonds is 3. The number of benzene rings is 2. The van der Waals surface area contributed by atoms with Gasteiger partial charge in [0.15, 0.2) is 11.5 Å². The van der Waals surface area contributed by atoms with Crippen LogP contribution in [0.4, 0.5) is 5.82 Å². The molecule has 2 N–H and O–H groups in total. The molecule has 0 atom stereocenters. The number of pyridine rings is 2. The lowest BCUT2D eigenvalue weighted by Gasteiger charge is -2.12. The number of nitrogens with two attached hydrogens (primary N) is 1. The fraction of sp³-hybridized carbons (Fsp3) is 0.100. The van der Waals surface area contributed by atoms with Crippen molar-refractivity contribution < 1.29 is 9.47 Å². The zero-order valence-corrected chi connectivity index (χ0v) is 16.4. The molecule has 2 heterocycles. The van der Waals surface area contributed by atoms with Crippen LogP contribution in [0.25, 0.3) is 32.9 Å². The Labute approximate surface area is 164 Å². The van der Waals surface area contributed by atoms with Crippen molar-refractivity contribution >= 4 is 50.1 Å². The molecule has 0 spiro atoms.